The largest absolute Gasteiger partial charge is 0.484 e. The topological polar surface area (TPSA) is 80.3 Å². The van der Waals surface area contributed by atoms with Crippen molar-refractivity contribution in [1.29, 1.82) is 0 Å². The van der Waals surface area contributed by atoms with Gasteiger partial charge < -0.3 is 15.4 Å². The Balaban J connectivity index is 1.71. The van der Waals surface area contributed by atoms with E-state index in [1.165, 1.54) is 12.3 Å². The lowest BCUT2D eigenvalue weighted by atomic mass is 10.3. The van der Waals surface area contributed by atoms with Gasteiger partial charge in [-0.2, -0.15) is 0 Å². The minimum Gasteiger partial charge on any atom is -0.484 e. The van der Waals surface area contributed by atoms with Crippen molar-refractivity contribution in [3.63, 3.8) is 0 Å². The van der Waals surface area contributed by atoms with Crippen molar-refractivity contribution >= 4 is 40.7 Å². The first-order chi connectivity index (χ1) is 11.0. The van der Waals surface area contributed by atoms with E-state index < -0.39 is 5.91 Å². The molecule has 2 amide bonds. The van der Waals surface area contributed by atoms with Crippen molar-refractivity contribution in [1.82, 2.24) is 10.3 Å². The van der Waals surface area contributed by atoms with Gasteiger partial charge in [0.05, 0.1) is 6.54 Å². The number of carbonyl (C=O) groups excluding carboxylic acids is 2. The number of anilines is 1. The smallest absolute Gasteiger partial charge is 0.258 e. The standard InChI is InChI=1S/C15H13Cl2N3O3/c16-10-1-3-12(4-2-10)23-9-15(22)19-8-14(21)20-11-5-6-18-13(17)7-11/h1-7H,8-9H2,(H,19,22)(H,18,20,21). The molecule has 1 aromatic carbocycles. The minimum absolute atomic E-state index is 0.178. The van der Waals surface area contributed by atoms with Crippen LogP contribution in [0.4, 0.5) is 5.69 Å². The van der Waals surface area contributed by atoms with E-state index in [-0.39, 0.29) is 24.2 Å². The Kier molecular flexibility index (Phi) is 6.19. The first-order valence-electron chi connectivity index (χ1n) is 6.59. The number of carbonyl (C=O) groups is 2. The second kappa shape index (κ2) is 8.36. The Morgan fingerprint density at radius 3 is 2.52 bits per heavy atom. The number of benzene rings is 1. The molecule has 6 nitrogen and oxygen atoms in total. The fourth-order valence-electron chi connectivity index (χ4n) is 1.60. The van der Waals surface area contributed by atoms with Gasteiger partial charge in [-0.05, 0) is 36.4 Å². The summed E-state index contributed by atoms with van der Waals surface area (Å²) in [6.45, 7) is -0.376. The van der Waals surface area contributed by atoms with Crippen molar-refractivity contribution < 1.29 is 14.3 Å². The second-order valence-corrected chi connectivity index (χ2v) is 5.26. The van der Waals surface area contributed by atoms with Crippen molar-refractivity contribution in [2.45, 2.75) is 0 Å². The van der Waals surface area contributed by atoms with Crippen LogP contribution in [0, 0.1) is 0 Å². The van der Waals surface area contributed by atoms with Gasteiger partial charge in [-0.1, -0.05) is 23.2 Å². The number of amides is 2. The second-order valence-electron chi connectivity index (χ2n) is 4.43. The molecule has 2 aromatic rings. The summed E-state index contributed by atoms with van der Waals surface area (Å²) in [5, 5.41) is 5.88. The Bertz CT molecular complexity index is 693. The van der Waals surface area contributed by atoms with Gasteiger partial charge >= 0.3 is 0 Å². The maximum Gasteiger partial charge on any atom is 0.258 e. The van der Waals surface area contributed by atoms with E-state index in [1.807, 2.05) is 0 Å². The summed E-state index contributed by atoms with van der Waals surface area (Å²) in [5.74, 6) is -0.282. The molecule has 120 valence electrons. The highest BCUT2D eigenvalue weighted by molar-refractivity contribution is 6.30. The average molecular weight is 354 g/mol. The van der Waals surface area contributed by atoms with Gasteiger partial charge in [0.25, 0.3) is 5.91 Å². The molecule has 0 aliphatic carbocycles. The van der Waals surface area contributed by atoms with Gasteiger partial charge in [0.15, 0.2) is 6.61 Å². The van der Waals surface area contributed by atoms with Crippen LogP contribution in [0.15, 0.2) is 42.6 Å². The zero-order valence-corrected chi connectivity index (χ0v) is 13.4. The van der Waals surface area contributed by atoms with Crippen LogP contribution in [0.5, 0.6) is 5.75 Å². The monoisotopic (exact) mass is 353 g/mol. The van der Waals surface area contributed by atoms with Crippen LogP contribution in [-0.2, 0) is 9.59 Å². The number of halogens is 2. The predicted octanol–water partition coefficient (Wildman–Crippen LogP) is 2.52. The van der Waals surface area contributed by atoms with Gasteiger partial charge in [-0.3, -0.25) is 9.59 Å². The molecule has 1 aromatic heterocycles. The molecule has 0 radical (unpaired) electrons. The van der Waals surface area contributed by atoms with Crippen molar-refractivity contribution in [2.24, 2.45) is 0 Å². The van der Waals surface area contributed by atoms with E-state index in [9.17, 15) is 9.59 Å². The van der Waals surface area contributed by atoms with Crippen LogP contribution < -0.4 is 15.4 Å². The van der Waals surface area contributed by atoms with E-state index in [4.69, 9.17) is 27.9 Å². The van der Waals surface area contributed by atoms with Crippen molar-refractivity contribution in [3.8, 4) is 5.75 Å². The maximum absolute atomic E-state index is 11.7. The SMILES string of the molecule is O=C(COc1ccc(Cl)cc1)NCC(=O)Nc1ccnc(Cl)c1. The number of pyridine rings is 1. The summed E-state index contributed by atoms with van der Waals surface area (Å²) < 4.78 is 5.26. The fraction of sp³-hybridized carbons (Fsp3) is 0.133. The molecule has 0 bridgehead atoms. The van der Waals surface area contributed by atoms with Crippen molar-refractivity contribution in [2.75, 3.05) is 18.5 Å². The van der Waals surface area contributed by atoms with E-state index in [1.54, 1.807) is 30.3 Å². The number of rotatable bonds is 6. The normalized spacial score (nSPS) is 10.0. The molecular weight excluding hydrogens is 341 g/mol. The summed E-state index contributed by atoms with van der Waals surface area (Å²) >= 11 is 11.5. The third-order valence-electron chi connectivity index (χ3n) is 2.64. The number of aromatic nitrogens is 1. The fourth-order valence-corrected chi connectivity index (χ4v) is 1.89. The molecule has 0 fully saturated rings. The zero-order chi connectivity index (χ0) is 16.7. The highest BCUT2D eigenvalue weighted by Gasteiger charge is 2.07. The molecule has 0 saturated carbocycles. The Labute approximate surface area is 142 Å². The van der Waals surface area contributed by atoms with Crippen LogP contribution in [0.2, 0.25) is 10.2 Å². The molecule has 0 saturated heterocycles. The zero-order valence-electron chi connectivity index (χ0n) is 11.9. The maximum atomic E-state index is 11.7. The average Bonchev–Trinajstić information content (AvgIpc) is 2.52. The molecule has 2 N–H and O–H groups in total. The number of hydrogen-bond donors (Lipinski definition) is 2. The third-order valence-corrected chi connectivity index (χ3v) is 3.10. The molecule has 0 spiro atoms. The summed E-state index contributed by atoms with van der Waals surface area (Å²) in [5.41, 5.74) is 0.502. The Hall–Kier alpha value is -2.31. The molecular formula is C15H13Cl2N3O3. The summed E-state index contributed by atoms with van der Waals surface area (Å²) in [6, 6.07) is 9.70. The van der Waals surface area contributed by atoms with Gasteiger partial charge in [-0.15, -0.1) is 0 Å². The number of hydrogen-bond acceptors (Lipinski definition) is 4. The first-order valence-corrected chi connectivity index (χ1v) is 7.35. The summed E-state index contributed by atoms with van der Waals surface area (Å²) in [6.07, 6.45) is 1.47. The van der Waals surface area contributed by atoms with Crippen molar-refractivity contribution in [3.05, 3.63) is 52.8 Å². The van der Waals surface area contributed by atoms with Crippen LogP contribution in [-0.4, -0.2) is 29.9 Å². The first kappa shape index (κ1) is 17.1. The molecule has 1 heterocycles. The van der Waals surface area contributed by atoms with E-state index in [2.05, 4.69) is 15.6 Å². The molecule has 0 unspecified atom stereocenters. The molecule has 0 aliphatic heterocycles. The van der Waals surface area contributed by atoms with E-state index in [0.29, 0.717) is 16.5 Å². The highest BCUT2D eigenvalue weighted by Crippen LogP contribution is 2.15. The lowest BCUT2D eigenvalue weighted by Gasteiger charge is -2.08. The van der Waals surface area contributed by atoms with Crippen LogP contribution in [0.25, 0.3) is 0 Å². The summed E-state index contributed by atoms with van der Waals surface area (Å²) in [4.78, 5) is 27.1. The highest BCUT2D eigenvalue weighted by atomic mass is 35.5. The number of ether oxygens (including phenoxy) is 1. The number of nitrogens with zero attached hydrogens (tertiary/aromatic N) is 1. The van der Waals surface area contributed by atoms with Crippen LogP contribution in [0.3, 0.4) is 0 Å². The Morgan fingerprint density at radius 2 is 1.83 bits per heavy atom. The molecule has 2 rings (SSSR count). The molecule has 8 heteroatoms. The molecule has 23 heavy (non-hydrogen) atoms. The lowest BCUT2D eigenvalue weighted by molar-refractivity contribution is -0.125. The van der Waals surface area contributed by atoms with E-state index >= 15 is 0 Å². The minimum atomic E-state index is -0.414. The van der Waals surface area contributed by atoms with Gasteiger partial charge in [0, 0.05) is 16.9 Å². The molecule has 0 atom stereocenters. The summed E-state index contributed by atoms with van der Waals surface area (Å²) in [7, 11) is 0. The van der Waals surface area contributed by atoms with E-state index in [0.717, 1.165) is 0 Å². The number of nitrogens with one attached hydrogen (secondary N) is 2. The van der Waals surface area contributed by atoms with Gasteiger partial charge in [0.2, 0.25) is 5.91 Å². The molecule has 0 aliphatic rings. The quantitative estimate of drug-likeness (QED) is 0.782. The van der Waals surface area contributed by atoms with Gasteiger partial charge in [0.1, 0.15) is 10.9 Å². The Morgan fingerprint density at radius 1 is 1.09 bits per heavy atom. The van der Waals surface area contributed by atoms with Crippen LogP contribution in [0.1, 0.15) is 0 Å². The lowest BCUT2D eigenvalue weighted by Crippen LogP contribution is -2.35. The van der Waals surface area contributed by atoms with Crippen LogP contribution >= 0.6 is 23.2 Å². The third kappa shape index (κ3) is 6.14. The predicted molar refractivity (Wildman–Crippen MR) is 87.8 cm³/mol. The van der Waals surface area contributed by atoms with Gasteiger partial charge in [-0.25, -0.2) is 4.98 Å².